The maximum absolute atomic E-state index is 10.6. The van der Waals surface area contributed by atoms with Crippen LogP contribution in [0.1, 0.15) is 12.8 Å². The summed E-state index contributed by atoms with van der Waals surface area (Å²) >= 11 is 0. The van der Waals surface area contributed by atoms with Gasteiger partial charge in [-0.1, -0.05) is 6.58 Å². The van der Waals surface area contributed by atoms with Crippen LogP contribution in [0.25, 0.3) is 0 Å². The van der Waals surface area contributed by atoms with E-state index in [4.69, 9.17) is 11.1 Å². The Balaban J connectivity index is 3.71. The van der Waals surface area contributed by atoms with Crippen LogP contribution in [0.2, 0.25) is 0 Å². The van der Waals surface area contributed by atoms with Crippen molar-refractivity contribution in [2.24, 2.45) is 5.73 Å². The molecule has 4 heteroatoms. The first-order valence-electron chi connectivity index (χ1n) is 3.10. The topological polar surface area (TPSA) is 84.0 Å². The molecule has 0 saturated carbocycles. The summed E-state index contributed by atoms with van der Waals surface area (Å²) in [6.07, 6.45) is 1.39. The lowest BCUT2D eigenvalue weighted by atomic mass is 10.1. The van der Waals surface area contributed by atoms with E-state index in [-0.39, 0.29) is 24.3 Å². The number of rotatable bonds is 5. The van der Waals surface area contributed by atoms with Crippen molar-refractivity contribution >= 4 is 17.4 Å². The van der Waals surface area contributed by atoms with E-state index in [1.807, 2.05) is 0 Å². The van der Waals surface area contributed by atoms with E-state index in [0.717, 1.165) is 6.08 Å². The van der Waals surface area contributed by atoms with E-state index in [9.17, 15) is 9.59 Å². The van der Waals surface area contributed by atoms with Crippen molar-refractivity contribution in [1.82, 2.24) is 0 Å². The third-order valence-corrected chi connectivity index (χ3v) is 1.15. The Labute approximate surface area is 64.6 Å². The van der Waals surface area contributed by atoms with Gasteiger partial charge in [0.2, 0.25) is 0 Å². The number of hydrogen-bond acceptors (Lipinski definition) is 3. The summed E-state index contributed by atoms with van der Waals surface area (Å²) < 4.78 is 0. The summed E-state index contributed by atoms with van der Waals surface area (Å²) in [4.78, 5) is 20.8. The van der Waals surface area contributed by atoms with Gasteiger partial charge in [-0.15, -0.1) is 0 Å². The lowest BCUT2D eigenvalue weighted by Gasteiger charge is -1.94. The molecular formula is C7H10N2O2. The summed E-state index contributed by atoms with van der Waals surface area (Å²) in [6.45, 7) is 3.25. The highest BCUT2D eigenvalue weighted by Gasteiger charge is 2.05. The predicted octanol–water partition coefficient (Wildman–Crippen LogP) is 0.0268. The summed E-state index contributed by atoms with van der Waals surface area (Å²) in [7, 11) is 0. The molecule has 0 fully saturated rings. The van der Waals surface area contributed by atoms with E-state index in [2.05, 4.69) is 6.58 Å². The number of allylic oxidation sites excluding steroid dienone is 1. The Morgan fingerprint density at radius 3 is 2.36 bits per heavy atom. The average Bonchev–Trinajstić information content (AvgIpc) is 1.99. The van der Waals surface area contributed by atoms with Crippen LogP contribution in [0.4, 0.5) is 0 Å². The first-order valence-corrected chi connectivity index (χ1v) is 3.10. The second-order valence-corrected chi connectivity index (χ2v) is 2.01. The molecule has 0 rings (SSSR count). The molecule has 0 aromatic rings. The normalized spacial score (nSPS) is 8.73. The number of primary amides is 1. The van der Waals surface area contributed by atoms with Gasteiger partial charge in [0.25, 0.3) is 5.91 Å². The van der Waals surface area contributed by atoms with Crippen LogP contribution in [0.5, 0.6) is 0 Å². The molecule has 0 aliphatic rings. The Hall–Kier alpha value is -1.45. The third-order valence-electron chi connectivity index (χ3n) is 1.15. The molecule has 0 heterocycles. The summed E-state index contributed by atoms with van der Waals surface area (Å²) in [5.41, 5.74) is 4.54. The third kappa shape index (κ3) is 4.02. The molecule has 1 amide bonds. The van der Waals surface area contributed by atoms with Gasteiger partial charge in [-0.05, 0) is 6.08 Å². The van der Waals surface area contributed by atoms with E-state index >= 15 is 0 Å². The SMILES string of the molecule is C=CC(=O)CCC(=N)C(N)=O. The first-order chi connectivity index (χ1) is 5.07. The minimum absolute atomic E-state index is 0.0974. The van der Waals surface area contributed by atoms with Gasteiger partial charge < -0.3 is 5.73 Å². The molecular weight excluding hydrogens is 144 g/mol. The molecule has 0 bridgehead atoms. The van der Waals surface area contributed by atoms with Gasteiger partial charge >= 0.3 is 0 Å². The van der Waals surface area contributed by atoms with Crippen LogP contribution >= 0.6 is 0 Å². The van der Waals surface area contributed by atoms with E-state index < -0.39 is 5.91 Å². The Kier molecular flexibility index (Phi) is 3.80. The quantitative estimate of drug-likeness (QED) is 0.432. The molecule has 4 nitrogen and oxygen atoms in total. The van der Waals surface area contributed by atoms with Gasteiger partial charge in [-0.25, -0.2) is 0 Å². The number of hydrogen-bond donors (Lipinski definition) is 2. The molecule has 0 atom stereocenters. The molecule has 0 saturated heterocycles. The van der Waals surface area contributed by atoms with Crippen LogP contribution in [0.3, 0.4) is 0 Å². The largest absolute Gasteiger partial charge is 0.365 e. The van der Waals surface area contributed by atoms with Crippen molar-refractivity contribution in [3.63, 3.8) is 0 Å². The van der Waals surface area contributed by atoms with Crippen molar-refractivity contribution in [1.29, 1.82) is 5.41 Å². The lowest BCUT2D eigenvalue weighted by molar-refractivity contribution is -0.114. The molecule has 3 N–H and O–H groups in total. The second kappa shape index (κ2) is 4.38. The van der Waals surface area contributed by atoms with Crippen molar-refractivity contribution in [3.8, 4) is 0 Å². The van der Waals surface area contributed by atoms with Crippen molar-refractivity contribution < 1.29 is 9.59 Å². The minimum atomic E-state index is -0.776. The summed E-state index contributed by atoms with van der Waals surface area (Å²) in [5, 5.41) is 6.95. The van der Waals surface area contributed by atoms with Crippen molar-refractivity contribution in [2.45, 2.75) is 12.8 Å². The van der Waals surface area contributed by atoms with Gasteiger partial charge in [-0.3, -0.25) is 15.0 Å². The number of nitrogens with two attached hydrogens (primary N) is 1. The number of ketones is 1. The summed E-state index contributed by atoms with van der Waals surface area (Å²) in [5.74, 6) is -0.960. The number of nitrogens with one attached hydrogen (secondary N) is 1. The fourth-order valence-electron chi connectivity index (χ4n) is 0.473. The maximum Gasteiger partial charge on any atom is 0.262 e. The van der Waals surface area contributed by atoms with Crippen molar-refractivity contribution in [2.75, 3.05) is 0 Å². The number of carbonyl (C=O) groups excluding carboxylic acids is 2. The Morgan fingerprint density at radius 2 is 2.00 bits per heavy atom. The number of carbonyl (C=O) groups is 2. The summed E-state index contributed by atoms with van der Waals surface area (Å²) in [6, 6.07) is 0. The Bertz CT molecular complexity index is 208. The second-order valence-electron chi connectivity index (χ2n) is 2.01. The maximum atomic E-state index is 10.6. The van der Waals surface area contributed by atoms with Gasteiger partial charge in [0, 0.05) is 12.8 Å². The molecule has 0 unspecified atom stereocenters. The van der Waals surface area contributed by atoms with Crippen LogP contribution in [0, 0.1) is 5.41 Å². The first kappa shape index (κ1) is 9.55. The molecule has 11 heavy (non-hydrogen) atoms. The number of amides is 1. The monoisotopic (exact) mass is 154 g/mol. The van der Waals surface area contributed by atoms with Crippen molar-refractivity contribution in [3.05, 3.63) is 12.7 Å². The van der Waals surface area contributed by atoms with Crippen LogP contribution in [-0.4, -0.2) is 17.4 Å². The van der Waals surface area contributed by atoms with Gasteiger partial charge in [-0.2, -0.15) is 0 Å². The molecule has 60 valence electrons. The molecule has 0 aromatic carbocycles. The zero-order chi connectivity index (χ0) is 8.85. The fourth-order valence-corrected chi connectivity index (χ4v) is 0.473. The highest BCUT2D eigenvalue weighted by molar-refractivity contribution is 6.37. The van der Waals surface area contributed by atoms with Crippen LogP contribution < -0.4 is 5.73 Å². The fraction of sp³-hybridized carbons (Fsp3) is 0.286. The predicted molar refractivity (Wildman–Crippen MR) is 41.4 cm³/mol. The molecule has 0 spiro atoms. The molecule has 0 aliphatic heterocycles. The highest BCUT2D eigenvalue weighted by atomic mass is 16.1. The van der Waals surface area contributed by atoms with E-state index in [0.29, 0.717) is 0 Å². The van der Waals surface area contributed by atoms with Gasteiger partial charge in [0.05, 0.1) is 5.71 Å². The Morgan fingerprint density at radius 1 is 1.45 bits per heavy atom. The minimum Gasteiger partial charge on any atom is -0.365 e. The van der Waals surface area contributed by atoms with Crippen LogP contribution in [0.15, 0.2) is 12.7 Å². The van der Waals surface area contributed by atoms with Gasteiger partial charge in [0.15, 0.2) is 5.78 Å². The highest BCUT2D eigenvalue weighted by Crippen LogP contribution is 1.92. The lowest BCUT2D eigenvalue weighted by Crippen LogP contribution is -2.22. The van der Waals surface area contributed by atoms with Gasteiger partial charge in [0.1, 0.15) is 0 Å². The zero-order valence-corrected chi connectivity index (χ0v) is 6.09. The average molecular weight is 154 g/mol. The molecule has 0 radical (unpaired) electrons. The molecule has 0 aliphatic carbocycles. The standard InChI is InChI=1S/C7H10N2O2/c1-2-5(10)3-4-6(8)7(9)11/h2,8H,1,3-4H2,(H2,9,11). The van der Waals surface area contributed by atoms with E-state index in [1.165, 1.54) is 0 Å². The smallest absolute Gasteiger partial charge is 0.262 e. The molecule has 0 aromatic heterocycles. The van der Waals surface area contributed by atoms with E-state index in [1.54, 1.807) is 0 Å². The zero-order valence-electron chi connectivity index (χ0n) is 6.09. The van der Waals surface area contributed by atoms with Crippen LogP contribution in [-0.2, 0) is 9.59 Å².